The minimum atomic E-state index is -0.0115. The molecule has 0 saturated carbocycles. The van der Waals surface area contributed by atoms with Gasteiger partial charge in [0.05, 0.1) is 11.6 Å². The third-order valence-electron chi connectivity index (χ3n) is 5.46. The molecule has 0 spiro atoms. The number of carbonyl (C=O) groups is 1. The second-order valence-electron chi connectivity index (χ2n) is 7.78. The van der Waals surface area contributed by atoms with Crippen molar-refractivity contribution >= 4 is 11.7 Å². The number of anilines is 1. The van der Waals surface area contributed by atoms with Gasteiger partial charge in [-0.05, 0) is 38.1 Å². The molecule has 1 saturated heterocycles. The molecule has 4 rings (SSSR count). The zero-order chi connectivity index (χ0) is 22.5. The lowest BCUT2D eigenvalue weighted by molar-refractivity contribution is 0.0746. The number of amides is 1. The Morgan fingerprint density at radius 2 is 1.81 bits per heavy atom. The fourth-order valence-corrected chi connectivity index (χ4v) is 3.82. The molecule has 1 aliphatic rings. The Morgan fingerprint density at radius 3 is 2.56 bits per heavy atom. The molecular weight excluding hydrogens is 402 g/mol. The highest BCUT2D eigenvalue weighted by atomic mass is 16.5. The van der Waals surface area contributed by atoms with Crippen molar-refractivity contribution in [2.75, 3.05) is 31.1 Å². The van der Waals surface area contributed by atoms with Gasteiger partial charge in [-0.1, -0.05) is 24.3 Å². The van der Waals surface area contributed by atoms with Crippen LogP contribution in [0.25, 0.3) is 0 Å². The van der Waals surface area contributed by atoms with E-state index in [4.69, 9.17) is 4.74 Å². The van der Waals surface area contributed by atoms with Crippen LogP contribution >= 0.6 is 0 Å². The van der Waals surface area contributed by atoms with E-state index in [2.05, 4.69) is 20.9 Å². The Kier molecular flexibility index (Phi) is 6.31. The van der Waals surface area contributed by atoms with E-state index in [9.17, 15) is 10.1 Å². The van der Waals surface area contributed by atoms with E-state index in [0.717, 1.165) is 36.0 Å². The average molecular weight is 428 g/mol. The van der Waals surface area contributed by atoms with Gasteiger partial charge in [-0.15, -0.1) is 0 Å². The fourth-order valence-electron chi connectivity index (χ4n) is 3.82. The van der Waals surface area contributed by atoms with Crippen LogP contribution in [0.2, 0.25) is 0 Å². The largest absolute Gasteiger partial charge is 0.489 e. The van der Waals surface area contributed by atoms with Crippen LogP contribution in [0.1, 0.15) is 33.0 Å². The van der Waals surface area contributed by atoms with Gasteiger partial charge in [0.1, 0.15) is 24.0 Å². The Hall–Kier alpha value is -3.92. The van der Waals surface area contributed by atoms with Crippen molar-refractivity contribution in [2.45, 2.75) is 20.5 Å². The lowest BCUT2D eigenvalue weighted by Crippen LogP contribution is -2.49. The summed E-state index contributed by atoms with van der Waals surface area (Å²) in [7, 11) is 0. The van der Waals surface area contributed by atoms with Crippen LogP contribution in [0.15, 0.2) is 54.6 Å². The number of benzene rings is 2. The first-order valence-electron chi connectivity index (χ1n) is 10.6. The summed E-state index contributed by atoms with van der Waals surface area (Å²) < 4.78 is 5.87. The third kappa shape index (κ3) is 4.86. The van der Waals surface area contributed by atoms with Crippen molar-refractivity contribution in [3.05, 3.63) is 82.8 Å². The predicted molar refractivity (Wildman–Crippen MR) is 122 cm³/mol. The molecule has 1 aromatic heterocycles. The molecule has 0 N–H and O–H groups in total. The van der Waals surface area contributed by atoms with Gasteiger partial charge in [-0.3, -0.25) is 4.79 Å². The van der Waals surface area contributed by atoms with Crippen LogP contribution in [0.4, 0.5) is 5.82 Å². The van der Waals surface area contributed by atoms with E-state index in [0.29, 0.717) is 30.0 Å². The number of nitriles is 1. The summed E-state index contributed by atoms with van der Waals surface area (Å²) in [6, 6.07) is 18.7. The molecule has 7 nitrogen and oxygen atoms in total. The minimum Gasteiger partial charge on any atom is -0.489 e. The van der Waals surface area contributed by atoms with Crippen molar-refractivity contribution in [1.29, 1.82) is 5.26 Å². The molecule has 162 valence electrons. The number of ether oxygens (including phenoxy) is 1. The van der Waals surface area contributed by atoms with E-state index in [1.54, 1.807) is 12.1 Å². The van der Waals surface area contributed by atoms with Gasteiger partial charge in [-0.25, -0.2) is 9.97 Å². The maximum absolute atomic E-state index is 13.1. The van der Waals surface area contributed by atoms with Crippen LogP contribution < -0.4 is 9.64 Å². The third-order valence-corrected chi connectivity index (χ3v) is 5.46. The van der Waals surface area contributed by atoms with Crippen LogP contribution in [0.3, 0.4) is 0 Å². The number of piperazine rings is 1. The number of nitrogens with zero attached hydrogens (tertiary/aromatic N) is 5. The Bertz CT molecular complexity index is 1140. The van der Waals surface area contributed by atoms with Crippen molar-refractivity contribution < 1.29 is 9.53 Å². The average Bonchev–Trinajstić information content (AvgIpc) is 2.82. The molecule has 2 heterocycles. The van der Waals surface area contributed by atoms with Crippen molar-refractivity contribution in [2.24, 2.45) is 0 Å². The van der Waals surface area contributed by atoms with Crippen LogP contribution in [-0.4, -0.2) is 47.0 Å². The van der Waals surface area contributed by atoms with Crippen molar-refractivity contribution in [3.8, 4) is 11.8 Å². The van der Waals surface area contributed by atoms with Gasteiger partial charge in [0, 0.05) is 49.1 Å². The molecule has 0 bridgehead atoms. The minimum absolute atomic E-state index is 0.0115. The van der Waals surface area contributed by atoms with Gasteiger partial charge in [0.15, 0.2) is 0 Å². The zero-order valence-electron chi connectivity index (χ0n) is 18.3. The number of hydrogen-bond donors (Lipinski definition) is 0. The summed E-state index contributed by atoms with van der Waals surface area (Å²) in [5.74, 6) is 2.26. The topological polar surface area (TPSA) is 82.4 Å². The molecule has 1 aliphatic heterocycles. The Morgan fingerprint density at radius 1 is 1.03 bits per heavy atom. The SMILES string of the molecule is Cc1cc(N2CCN(C(=O)c3cccc(OCc4ccccc4C#N)c3)CC2)nc(C)n1. The summed E-state index contributed by atoms with van der Waals surface area (Å²) in [4.78, 5) is 26.0. The molecule has 7 heteroatoms. The number of rotatable bonds is 5. The van der Waals surface area contributed by atoms with Gasteiger partial charge in [0.25, 0.3) is 5.91 Å². The van der Waals surface area contributed by atoms with Crippen LogP contribution in [0, 0.1) is 25.2 Å². The molecular formula is C25H25N5O2. The second-order valence-corrected chi connectivity index (χ2v) is 7.78. The summed E-state index contributed by atoms with van der Waals surface area (Å²) in [6.45, 7) is 6.84. The van der Waals surface area contributed by atoms with Crippen molar-refractivity contribution in [1.82, 2.24) is 14.9 Å². The first-order chi connectivity index (χ1) is 15.5. The summed E-state index contributed by atoms with van der Waals surface area (Å²) in [6.07, 6.45) is 0. The van der Waals surface area contributed by atoms with Crippen molar-refractivity contribution in [3.63, 3.8) is 0 Å². The number of aryl methyl sites for hydroxylation is 2. The fraction of sp³-hybridized carbons (Fsp3) is 0.280. The monoisotopic (exact) mass is 427 g/mol. The van der Waals surface area contributed by atoms with Gasteiger partial charge in [0.2, 0.25) is 0 Å². The predicted octanol–water partition coefficient (Wildman–Crippen LogP) is 3.51. The standard InChI is InChI=1S/C25H25N5O2/c1-18-14-24(28-19(2)27-18)29-10-12-30(13-11-29)25(31)20-8-5-9-23(15-20)32-17-22-7-4-3-6-21(22)16-26/h3-9,14-15H,10-13,17H2,1-2H3. The van der Waals surface area contributed by atoms with Gasteiger partial charge in [-0.2, -0.15) is 5.26 Å². The van der Waals surface area contributed by atoms with Gasteiger partial charge < -0.3 is 14.5 Å². The van der Waals surface area contributed by atoms with E-state index >= 15 is 0 Å². The highest BCUT2D eigenvalue weighted by molar-refractivity contribution is 5.94. The quantitative estimate of drug-likeness (QED) is 0.620. The second kappa shape index (κ2) is 9.48. The smallest absolute Gasteiger partial charge is 0.254 e. The van der Waals surface area contributed by atoms with Gasteiger partial charge >= 0.3 is 0 Å². The van der Waals surface area contributed by atoms with E-state index in [1.807, 2.05) is 61.2 Å². The molecule has 0 unspecified atom stereocenters. The zero-order valence-corrected chi connectivity index (χ0v) is 18.3. The highest BCUT2D eigenvalue weighted by Crippen LogP contribution is 2.20. The maximum Gasteiger partial charge on any atom is 0.254 e. The summed E-state index contributed by atoms with van der Waals surface area (Å²) in [5.41, 5.74) is 2.95. The van der Waals surface area contributed by atoms with E-state index < -0.39 is 0 Å². The first kappa shape index (κ1) is 21.3. The molecule has 1 amide bonds. The molecule has 0 atom stereocenters. The lowest BCUT2D eigenvalue weighted by atomic mass is 10.1. The Balaban J connectivity index is 1.38. The van der Waals surface area contributed by atoms with Crippen LogP contribution in [0.5, 0.6) is 5.75 Å². The molecule has 3 aromatic rings. The number of carbonyl (C=O) groups excluding carboxylic acids is 1. The Labute approximate surface area is 187 Å². The van der Waals surface area contributed by atoms with E-state index in [1.165, 1.54) is 0 Å². The highest BCUT2D eigenvalue weighted by Gasteiger charge is 2.23. The maximum atomic E-state index is 13.1. The summed E-state index contributed by atoms with van der Waals surface area (Å²) in [5, 5.41) is 9.23. The normalized spacial score (nSPS) is 13.5. The molecule has 2 aromatic carbocycles. The van der Waals surface area contributed by atoms with E-state index in [-0.39, 0.29) is 12.5 Å². The molecule has 32 heavy (non-hydrogen) atoms. The number of aromatic nitrogens is 2. The molecule has 0 aliphatic carbocycles. The molecule has 1 fully saturated rings. The molecule has 0 radical (unpaired) electrons. The first-order valence-corrected chi connectivity index (χ1v) is 10.6. The summed E-state index contributed by atoms with van der Waals surface area (Å²) >= 11 is 0. The number of hydrogen-bond acceptors (Lipinski definition) is 6. The van der Waals surface area contributed by atoms with Crippen LogP contribution in [-0.2, 0) is 6.61 Å². The lowest BCUT2D eigenvalue weighted by Gasteiger charge is -2.35.